The number of para-hydroxylation sites is 1. The van der Waals surface area contributed by atoms with Crippen LogP contribution in [0.5, 0.6) is 0 Å². The van der Waals surface area contributed by atoms with E-state index in [0.717, 1.165) is 6.42 Å². The Labute approximate surface area is 115 Å². The van der Waals surface area contributed by atoms with E-state index in [-0.39, 0.29) is 6.04 Å². The average Bonchev–Trinajstić information content (AvgIpc) is 2.45. The minimum absolute atomic E-state index is 0.0865. The average molecular weight is 254 g/mol. The summed E-state index contributed by atoms with van der Waals surface area (Å²) in [6.45, 7) is 4.23. The Bertz CT molecular complexity index is 548. The fourth-order valence-corrected chi connectivity index (χ4v) is 2.30. The molecule has 0 aliphatic rings. The van der Waals surface area contributed by atoms with Crippen molar-refractivity contribution in [3.8, 4) is 0 Å². The van der Waals surface area contributed by atoms with Crippen LogP contribution in [0, 0.1) is 6.92 Å². The molecule has 2 aromatic rings. The van der Waals surface area contributed by atoms with Gasteiger partial charge >= 0.3 is 0 Å². The zero-order valence-electron chi connectivity index (χ0n) is 11.9. The van der Waals surface area contributed by atoms with E-state index in [4.69, 9.17) is 5.73 Å². The van der Waals surface area contributed by atoms with Crippen LogP contribution in [0.4, 0.5) is 11.4 Å². The Morgan fingerprint density at radius 2 is 1.84 bits per heavy atom. The van der Waals surface area contributed by atoms with E-state index < -0.39 is 0 Å². The van der Waals surface area contributed by atoms with Crippen LogP contribution in [0.1, 0.15) is 30.5 Å². The van der Waals surface area contributed by atoms with Crippen molar-refractivity contribution < 1.29 is 0 Å². The Morgan fingerprint density at radius 1 is 1.11 bits per heavy atom. The minimum atomic E-state index is 0.0865. The number of nitrogens with zero attached hydrogens (tertiary/aromatic N) is 1. The van der Waals surface area contributed by atoms with Crippen molar-refractivity contribution in [1.82, 2.24) is 0 Å². The molecule has 0 spiro atoms. The molecule has 19 heavy (non-hydrogen) atoms. The quantitative estimate of drug-likeness (QED) is 0.887. The summed E-state index contributed by atoms with van der Waals surface area (Å²) in [4.78, 5) is 2.21. The molecule has 0 saturated heterocycles. The van der Waals surface area contributed by atoms with Crippen LogP contribution in [-0.4, -0.2) is 7.05 Å². The van der Waals surface area contributed by atoms with Gasteiger partial charge in [0.05, 0.1) is 0 Å². The molecule has 2 heteroatoms. The second-order valence-corrected chi connectivity index (χ2v) is 4.97. The van der Waals surface area contributed by atoms with E-state index in [1.807, 2.05) is 0 Å². The largest absolute Gasteiger partial charge is 0.344 e. The van der Waals surface area contributed by atoms with E-state index in [1.54, 1.807) is 0 Å². The van der Waals surface area contributed by atoms with Gasteiger partial charge < -0.3 is 10.6 Å². The summed E-state index contributed by atoms with van der Waals surface area (Å²) in [6, 6.07) is 17.0. The van der Waals surface area contributed by atoms with Gasteiger partial charge in [0.1, 0.15) is 0 Å². The number of benzene rings is 2. The number of anilines is 2. The summed E-state index contributed by atoms with van der Waals surface area (Å²) < 4.78 is 0. The van der Waals surface area contributed by atoms with Gasteiger partial charge in [-0.25, -0.2) is 0 Å². The van der Waals surface area contributed by atoms with Crippen molar-refractivity contribution >= 4 is 11.4 Å². The molecule has 100 valence electrons. The molecule has 0 fully saturated rings. The number of nitrogens with two attached hydrogens (primary N) is 1. The molecule has 0 radical (unpaired) electrons. The third-order valence-corrected chi connectivity index (χ3v) is 3.53. The van der Waals surface area contributed by atoms with Crippen LogP contribution in [0.15, 0.2) is 48.5 Å². The smallest absolute Gasteiger partial charge is 0.0456 e. The second kappa shape index (κ2) is 5.89. The van der Waals surface area contributed by atoms with Crippen molar-refractivity contribution in [2.45, 2.75) is 26.3 Å². The summed E-state index contributed by atoms with van der Waals surface area (Å²) in [5, 5.41) is 0. The van der Waals surface area contributed by atoms with Crippen LogP contribution < -0.4 is 10.6 Å². The standard InChI is InChI=1S/C17H22N2/c1-4-16(18)15-10-5-6-11-17(15)19(3)14-9-7-8-13(2)12-14/h5-12,16H,4,18H2,1-3H3/t16-/m1/s1. The van der Waals surface area contributed by atoms with Crippen LogP contribution in [0.3, 0.4) is 0 Å². The fraction of sp³-hybridized carbons (Fsp3) is 0.294. The molecular formula is C17H22N2. The van der Waals surface area contributed by atoms with E-state index in [9.17, 15) is 0 Å². The molecule has 0 aromatic heterocycles. The molecule has 0 amide bonds. The molecular weight excluding hydrogens is 232 g/mol. The summed E-state index contributed by atoms with van der Waals surface area (Å²) >= 11 is 0. The Kier molecular flexibility index (Phi) is 4.23. The highest BCUT2D eigenvalue weighted by molar-refractivity contribution is 5.66. The van der Waals surface area contributed by atoms with Gasteiger partial charge in [-0.2, -0.15) is 0 Å². The number of hydrogen-bond acceptors (Lipinski definition) is 2. The first-order valence-corrected chi connectivity index (χ1v) is 6.78. The monoisotopic (exact) mass is 254 g/mol. The molecule has 0 aliphatic heterocycles. The van der Waals surface area contributed by atoms with Crippen LogP contribution in [0.25, 0.3) is 0 Å². The van der Waals surface area contributed by atoms with E-state index in [0.29, 0.717) is 0 Å². The SMILES string of the molecule is CC[C@@H](N)c1ccccc1N(C)c1cccc(C)c1. The molecule has 2 aromatic carbocycles. The third-order valence-electron chi connectivity index (χ3n) is 3.53. The van der Waals surface area contributed by atoms with E-state index in [2.05, 4.69) is 74.3 Å². The van der Waals surface area contributed by atoms with Crippen molar-refractivity contribution in [3.63, 3.8) is 0 Å². The van der Waals surface area contributed by atoms with Gasteiger partial charge in [0, 0.05) is 24.5 Å². The number of rotatable bonds is 4. The fourth-order valence-electron chi connectivity index (χ4n) is 2.30. The predicted octanol–water partition coefficient (Wildman–Crippen LogP) is 4.17. The lowest BCUT2D eigenvalue weighted by Crippen LogP contribution is -2.16. The predicted molar refractivity (Wildman–Crippen MR) is 82.9 cm³/mol. The highest BCUT2D eigenvalue weighted by Crippen LogP contribution is 2.31. The van der Waals surface area contributed by atoms with Crippen molar-refractivity contribution in [2.75, 3.05) is 11.9 Å². The van der Waals surface area contributed by atoms with Gasteiger partial charge in [0.2, 0.25) is 0 Å². The first kappa shape index (κ1) is 13.6. The molecule has 2 rings (SSSR count). The van der Waals surface area contributed by atoms with E-state index >= 15 is 0 Å². The Morgan fingerprint density at radius 3 is 2.53 bits per heavy atom. The Hall–Kier alpha value is -1.80. The summed E-state index contributed by atoms with van der Waals surface area (Å²) in [5.74, 6) is 0. The molecule has 1 atom stereocenters. The van der Waals surface area contributed by atoms with Gasteiger partial charge in [-0.3, -0.25) is 0 Å². The van der Waals surface area contributed by atoms with Crippen molar-refractivity contribution in [1.29, 1.82) is 0 Å². The van der Waals surface area contributed by atoms with Gasteiger partial charge in [0.25, 0.3) is 0 Å². The minimum Gasteiger partial charge on any atom is -0.344 e. The number of hydrogen-bond donors (Lipinski definition) is 1. The van der Waals surface area contributed by atoms with Crippen molar-refractivity contribution in [2.24, 2.45) is 5.73 Å². The van der Waals surface area contributed by atoms with Crippen LogP contribution in [0.2, 0.25) is 0 Å². The molecule has 2 nitrogen and oxygen atoms in total. The highest BCUT2D eigenvalue weighted by Gasteiger charge is 2.13. The first-order valence-electron chi connectivity index (χ1n) is 6.78. The van der Waals surface area contributed by atoms with Gasteiger partial charge in [-0.05, 0) is 42.7 Å². The lowest BCUT2D eigenvalue weighted by molar-refractivity contribution is 0.698. The highest BCUT2D eigenvalue weighted by atomic mass is 15.1. The zero-order chi connectivity index (χ0) is 13.8. The molecule has 2 N–H and O–H groups in total. The maximum Gasteiger partial charge on any atom is 0.0456 e. The topological polar surface area (TPSA) is 29.3 Å². The van der Waals surface area contributed by atoms with Gasteiger partial charge in [-0.1, -0.05) is 37.3 Å². The molecule has 0 unspecified atom stereocenters. The summed E-state index contributed by atoms with van der Waals surface area (Å²) in [5.41, 5.74) is 11.1. The maximum atomic E-state index is 6.21. The Balaban J connectivity index is 2.41. The van der Waals surface area contributed by atoms with Crippen molar-refractivity contribution in [3.05, 3.63) is 59.7 Å². The lowest BCUT2D eigenvalue weighted by atomic mass is 10.0. The normalized spacial score (nSPS) is 12.2. The maximum absolute atomic E-state index is 6.21. The number of aryl methyl sites for hydroxylation is 1. The van der Waals surface area contributed by atoms with Crippen LogP contribution in [-0.2, 0) is 0 Å². The third kappa shape index (κ3) is 2.96. The zero-order valence-corrected chi connectivity index (χ0v) is 11.9. The van der Waals surface area contributed by atoms with Gasteiger partial charge in [0.15, 0.2) is 0 Å². The molecule has 0 bridgehead atoms. The summed E-state index contributed by atoms with van der Waals surface area (Å²) in [7, 11) is 2.09. The summed E-state index contributed by atoms with van der Waals surface area (Å²) in [6.07, 6.45) is 0.943. The van der Waals surface area contributed by atoms with Gasteiger partial charge in [-0.15, -0.1) is 0 Å². The molecule has 0 heterocycles. The second-order valence-electron chi connectivity index (χ2n) is 4.97. The lowest BCUT2D eigenvalue weighted by Gasteiger charge is -2.25. The first-order chi connectivity index (χ1) is 9.13. The molecule has 0 aliphatic carbocycles. The van der Waals surface area contributed by atoms with E-state index in [1.165, 1.54) is 22.5 Å². The van der Waals surface area contributed by atoms with Crippen LogP contribution >= 0.6 is 0 Å². The molecule has 0 saturated carbocycles.